The van der Waals surface area contributed by atoms with Crippen LogP contribution in [0.15, 0.2) is 12.1 Å². The number of carbonyl (C=O) groups is 1. The van der Waals surface area contributed by atoms with Gasteiger partial charge in [0.1, 0.15) is 11.8 Å². The highest BCUT2D eigenvalue weighted by Gasteiger charge is 2.25. The molecule has 0 spiro atoms. The molecule has 0 saturated carbocycles. The van der Waals surface area contributed by atoms with E-state index in [1.165, 1.54) is 0 Å². The Balaban J connectivity index is 2.36. The maximum atomic E-state index is 10.8. The van der Waals surface area contributed by atoms with Gasteiger partial charge in [-0.3, -0.25) is 10.1 Å². The fourth-order valence-electron chi connectivity index (χ4n) is 1.72. The molecule has 4 nitrogen and oxygen atoms in total. The highest BCUT2D eigenvalue weighted by molar-refractivity contribution is 14.1. The number of hydrogen-bond acceptors (Lipinski definition) is 3. The first-order valence-corrected chi connectivity index (χ1v) is 5.63. The summed E-state index contributed by atoms with van der Waals surface area (Å²) in [5.41, 5.74) is 2.01. The van der Waals surface area contributed by atoms with Crippen molar-refractivity contribution >= 4 is 28.6 Å². The monoisotopic (exact) mass is 319 g/mol. The normalized spacial score (nSPS) is 19.7. The van der Waals surface area contributed by atoms with Crippen LogP contribution in [-0.2, 0) is 17.8 Å². The van der Waals surface area contributed by atoms with Crippen molar-refractivity contribution in [3.63, 3.8) is 0 Å². The molecule has 1 aromatic rings. The number of nitrogens with one attached hydrogen (secondary N) is 1. The average Bonchev–Trinajstić information content (AvgIpc) is 2.23. The second kappa shape index (κ2) is 3.97. The maximum absolute atomic E-state index is 10.8. The van der Waals surface area contributed by atoms with Crippen LogP contribution in [0.25, 0.3) is 0 Å². The number of aliphatic carboxylic acids is 1. The van der Waals surface area contributed by atoms with Gasteiger partial charge in [-0.15, -0.1) is 0 Å². The number of halogens is 1. The van der Waals surface area contributed by atoms with Crippen molar-refractivity contribution in [2.75, 3.05) is 0 Å². The summed E-state index contributed by atoms with van der Waals surface area (Å²) in [4.78, 5) is 10.8. The molecule has 1 atom stereocenters. The van der Waals surface area contributed by atoms with Crippen molar-refractivity contribution < 1.29 is 15.0 Å². The minimum Gasteiger partial charge on any atom is -0.507 e. The lowest BCUT2D eigenvalue weighted by Crippen LogP contribution is -2.41. The number of hydrogen-bond donors (Lipinski definition) is 3. The fourth-order valence-corrected chi connectivity index (χ4v) is 2.44. The van der Waals surface area contributed by atoms with Gasteiger partial charge in [0.2, 0.25) is 0 Å². The largest absolute Gasteiger partial charge is 0.507 e. The fraction of sp³-hybridized carbons (Fsp3) is 0.300. The Kier molecular flexibility index (Phi) is 2.83. The van der Waals surface area contributed by atoms with Gasteiger partial charge in [-0.1, -0.05) is 6.07 Å². The van der Waals surface area contributed by atoms with Crippen molar-refractivity contribution in [3.8, 4) is 5.75 Å². The van der Waals surface area contributed by atoms with Crippen LogP contribution >= 0.6 is 22.6 Å². The van der Waals surface area contributed by atoms with Gasteiger partial charge in [0.25, 0.3) is 0 Å². The Hall–Kier alpha value is -0.820. The lowest BCUT2D eigenvalue weighted by Gasteiger charge is -2.24. The number of phenolic OH excluding ortho intramolecular Hbond substituents is 1. The summed E-state index contributed by atoms with van der Waals surface area (Å²) in [6, 6.07) is 2.90. The van der Waals surface area contributed by atoms with Crippen LogP contribution in [0.2, 0.25) is 0 Å². The van der Waals surface area contributed by atoms with Crippen molar-refractivity contribution in [2.24, 2.45) is 0 Å². The van der Waals surface area contributed by atoms with E-state index in [1.807, 2.05) is 0 Å². The third kappa shape index (κ3) is 1.93. The van der Waals surface area contributed by atoms with E-state index in [0.29, 0.717) is 13.0 Å². The van der Waals surface area contributed by atoms with Crippen LogP contribution in [0.3, 0.4) is 0 Å². The summed E-state index contributed by atoms with van der Waals surface area (Å²) >= 11 is 2.07. The molecule has 2 rings (SSSR count). The first-order chi connectivity index (χ1) is 7.09. The molecule has 0 saturated heterocycles. The van der Waals surface area contributed by atoms with Crippen molar-refractivity contribution in [1.82, 2.24) is 5.32 Å². The van der Waals surface area contributed by atoms with E-state index in [1.54, 1.807) is 12.1 Å². The van der Waals surface area contributed by atoms with Crippen LogP contribution in [-0.4, -0.2) is 22.2 Å². The molecule has 1 unspecified atom stereocenters. The Morgan fingerprint density at radius 2 is 2.27 bits per heavy atom. The van der Waals surface area contributed by atoms with Gasteiger partial charge in [-0.25, -0.2) is 0 Å². The molecule has 5 heteroatoms. The van der Waals surface area contributed by atoms with E-state index in [2.05, 4.69) is 27.9 Å². The third-order valence-electron chi connectivity index (χ3n) is 2.57. The van der Waals surface area contributed by atoms with Crippen LogP contribution in [0.4, 0.5) is 0 Å². The first-order valence-electron chi connectivity index (χ1n) is 4.55. The number of aromatic hydroxyl groups is 1. The van der Waals surface area contributed by atoms with E-state index in [-0.39, 0.29) is 5.75 Å². The molecule has 80 valence electrons. The number of carboxylic acid groups (broad SMARTS) is 1. The highest BCUT2D eigenvalue weighted by Crippen LogP contribution is 2.29. The van der Waals surface area contributed by atoms with Crippen LogP contribution in [0.1, 0.15) is 11.1 Å². The number of benzene rings is 1. The maximum Gasteiger partial charge on any atom is 0.321 e. The van der Waals surface area contributed by atoms with Gasteiger partial charge in [0, 0.05) is 6.54 Å². The molecule has 0 aromatic heterocycles. The van der Waals surface area contributed by atoms with Gasteiger partial charge in [0.05, 0.1) is 3.57 Å². The molecule has 0 radical (unpaired) electrons. The minimum absolute atomic E-state index is 0.255. The van der Waals surface area contributed by atoms with Gasteiger partial charge in [0.15, 0.2) is 0 Å². The van der Waals surface area contributed by atoms with E-state index in [9.17, 15) is 9.90 Å². The number of fused-ring (bicyclic) bond motifs is 1. The topological polar surface area (TPSA) is 69.6 Å². The molecule has 1 aliphatic heterocycles. The van der Waals surface area contributed by atoms with Crippen LogP contribution in [0.5, 0.6) is 5.75 Å². The summed E-state index contributed by atoms with van der Waals surface area (Å²) in [6.45, 7) is 0.499. The third-order valence-corrected chi connectivity index (χ3v) is 3.77. The molecule has 3 N–H and O–H groups in total. The molecular weight excluding hydrogens is 309 g/mol. The Bertz CT molecular complexity index is 419. The van der Waals surface area contributed by atoms with E-state index in [0.717, 1.165) is 14.7 Å². The molecule has 15 heavy (non-hydrogen) atoms. The zero-order valence-electron chi connectivity index (χ0n) is 7.83. The molecule has 0 amide bonds. The SMILES string of the molecule is O=C(O)C1Cc2ccc(O)c(I)c2CN1. The Morgan fingerprint density at radius 1 is 1.53 bits per heavy atom. The van der Waals surface area contributed by atoms with E-state index >= 15 is 0 Å². The van der Waals surface area contributed by atoms with Gasteiger partial charge in [-0.2, -0.15) is 0 Å². The lowest BCUT2D eigenvalue weighted by atomic mass is 9.96. The van der Waals surface area contributed by atoms with Gasteiger partial charge < -0.3 is 10.2 Å². The number of carboxylic acids is 1. The molecule has 1 aliphatic rings. The average molecular weight is 319 g/mol. The Morgan fingerprint density at radius 3 is 2.93 bits per heavy atom. The summed E-state index contributed by atoms with van der Waals surface area (Å²) in [5, 5.41) is 21.3. The molecule has 1 aromatic carbocycles. The highest BCUT2D eigenvalue weighted by atomic mass is 127. The minimum atomic E-state index is -0.830. The molecule has 0 bridgehead atoms. The quantitative estimate of drug-likeness (QED) is 0.678. The molecular formula is C10H10INO3. The predicted molar refractivity (Wildman–Crippen MR) is 62.8 cm³/mol. The lowest BCUT2D eigenvalue weighted by molar-refractivity contribution is -0.139. The second-order valence-corrected chi connectivity index (χ2v) is 4.59. The zero-order valence-corrected chi connectivity index (χ0v) is 9.98. The molecule has 1 heterocycles. The van der Waals surface area contributed by atoms with Crippen LogP contribution in [0, 0.1) is 3.57 Å². The number of rotatable bonds is 1. The van der Waals surface area contributed by atoms with Gasteiger partial charge >= 0.3 is 5.97 Å². The number of phenols is 1. The Labute approximate surface area is 100 Å². The standard InChI is InChI=1S/C10H10INO3/c11-9-6-4-12-7(10(14)15)3-5(6)1-2-8(9)13/h1-2,7,12-13H,3-4H2,(H,14,15). The summed E-state index contributed by atoms with van der Waals surface area (Å²) < 4.78 is 0.807. The molecule has 0 fully saturated rings. The van der Waals surface area contributed by atoms with Crippen molar-refractivity contribution in [3.05, 3.63) is 26.8 Å². The van der Waals surface area contributed by atoms with Crippen molar-refractivity contribution in [2.45, 2.75) is 19.0 Å². The van der Waals surface area contributed by atoms with Crippen molar-refractivity contribution in [1.29, 1.82) is 0 Å². The van der Waals surface area contributed by atoms with E-state index in [4.69, 9.17) is 5.11 Å². The van der Waals surface area contributed by atoms with E-state index < -0.39 is 12.0 Å². The summed E-state index contributed by atoms with van der Waals surface area (Å²) in [7, 11) is 0. The summed E-state index contributed by atoms with van der Waals surface area (Å²) in [5.74, 6) is -0.575. The summed E-state index contributed by atoms with van der Waals surface area (Å²) in [6.07, 6.45) is 0.473. The van der Waals surface area contributed by atoms with Crippen LogP contribution < -0.4 is 5.32 Å². The second-order valence-electron chi connectivity index (χ2n) is 3.51. The first kappa shape index (κ1) is 10.7. The molecule has 0 aliphatic carbocycles. The smallest absolute Gasteiger partial charge is 0.321 e. The predicted octanol–water partition coefficient (Wildman–Crippen LogP) is 1.10. The van der Waals surface area contributed by atoms with Gasteiger partial charge in [-0.05, 0) is 46.2 Å². The zero-order chi connectivity index (χ0) is 11.0.